The minimum Gasteiger partial charge on any atom is -0.348 e. The zero-order chi connectivity index (χ0) is 13.1. The Labute approximate surface area is 105 Å². The molecule has 1 unspecified atom stereocenters. The molecule has 1 saturated heterocycles. The first-order valence-electron chi connectivity index (χ1n) is 6.01. The Balaban J connectivity index is 2.05. The number of likely N-dealkylation sites (N-methyl/N-ethyl adjacent to an activating group) is 1. The zero-order valence-electron chi connectivity index (χ0n) is 10.2. The van der Waals surface area contributed by atoms with E-state index in [9.17, 15) is 13.6 Å². The molecule has 0 aliphatic carbocycles. The SMILES string of the molecule is CN1CCCC(NC(=O)c2cccc(F)c2F)C1. The molecule has 0 spiro atoms. The summed E-state index contributed by atoms with van der Waals surface area (Å²) in [5, 5.41) is 2.75. The van der Waals surface area contributed by atoms with Gasteiger partial charge in [0, 0.05) is 12.6 Å². The molecule has 1 aliphatic heterocycles. The summed E-state index contributed by atoms with van der Waals surface area (Å²) in [5.74, 6) is -2.63. The highest BCUT2D eigenvalue weighted by molar-refractivity contribution is 5.94. The fourth-order valence-electron chi connectivity index (χ4n) is 2.23. The summed E-state index contributed by atoms with van der Waals surface area (Å²) in [6.07, 6.45) is 1.86. The van der Waals surface area contributed by atoms with Crippen molar-refractivity contribution in [2.45, 2.75) is 18.9 Å². The van der Waals surface area contributed by atoms with Crippen LogP contribution in [0, 0.1) is 11.6 Å². The van der Waals surface area contributed by atoms with Gasteiger partial charge in [-0.15, -0.1) is 0 Å². The van der Waals surface area contributed by atoms with Crippen molar-refractivity contribution in [2.24, 2.45) is 0 Å². The summed E-state index contributed by atoms with van der Waals surface area (Å²) in [5.41, 5.74) is -0.233. The first kappa shape index (κ1) is 13.0. The minimum absolute atomic E-state index is 0.00100. The second-order valence-electron chi connectivity index (χ2n) is 4.68. The Morgan fingerprint density at radius 2 is 2.22 bits per heavy atom. The van der Waals surface area contributed by atoms with Crippen LogP contribution in [0.1, 0.15) is 23.2 Å². The number of rotatable bonds is 2. The lowest BCUT2D eigenvalue weighted by Crippen LogP contribution is -2.46. The average Bonchev–Trinajstić information content (AvgIpc) is 2.32. The molecule has 1 aromatic carbocycles. The van der Waals surface area contributed by atoms with Gasteiger partial charge in [0.05, 0.1) is 5.56 Å². The number of amides is 1. The maximum atomic E-state index is 13.4. The molecule has 98 valence electrons. The molecule has 1 N–H and O–H groups in total. The van der Waals surface area contributed by atoms with E-state index in [2.05, 4.69) is 10.2 Å². The smallest absolute Gasteiger partial charge is 0.254 e. The van der Waals surface area contributed by atoms with Gasteiger partial charge in [-0.05, 0) is 38.6 Å². The molecular formula is C13H16F2N2O. The molecule has 18 heavy (non-hydrogen) atoms. The Bertz CT molecular complexity index is 451. The second kappa shape index (κ2) is 5.44. The van der Waals surface area contributed by atoms with Gasteiger partial charge in [-0.2, -0.15) is 0 Å². The molecule has 0 saturated carbocycles. The van der Waals surface area contributed by atoms with Crippen molar-refractivity contribution >= 4 is 5.91 Å². The number of hydrogen-bond donors (Lipinski definition) is 1. The van der Waals surface area contributed by atoms with Crippen molar-refractivity contribution in [3.63, 3.8) is 0 Å². The van der Waals surface area contributed by atoms with Gasteiger partial charge in [0.1, 0.15) is 0 Å². The van der Waals surface area contributed by atoms with Crippen LogP contribution >= 0.6 is 0 Å². The highest BCUT2D eigenvalue weighted by atomic mass is 19.2. The van der Waals surface area contributed by atoms with E-state index in [1.54, 1.807) is 0 Å². The van der Waals surface area contributed by atoms with E-state index in [1.165, 1.54) is 12.1 Å². The summed E-state index contributed by atoms with van der Waals surface area (Å²) in [6.45, 7) is 1.74. The lowest BCUT2D eigenvalue weighted by atomic mass is 10.1. The van der Waals surface area contributed by atoms with Crippen molar-refractivity contribution in [3.8, 4) is 0 Å². The number of hydrogen-bond acceptors (Lipinski definition) is 2. The monoisotopic (exact) mass is 254 g/mol. The number of carbonyl (C=O) groups excluding carboxylic acids is 1. The maximum Gasteiger partial charge on any atom is 0.254 e. The van der Waals surface area contributed by atoms with Gasteiger partial charge in [0.15, 0.2) is 11.6 Å². The average molecular weight is 254 g/mol. The van der Waals surface area contributed by atoms with E-state index in [0.29, 0.717) is 0 Å². The summed E-state index contributed by atoms with van der Waals surface area (Å²) in [7, 11) is 1.97. The Morgan fingerprint density at radius 3 is 2.94 bits per heavy atom. The molecule has 1 fully saturated rings. The van der Waals surface area contributed by atoms with E-state index in [0.717, 1.165) is 32.0 Å². The summed E-state index contributed by atoms with van der Waals surface area (Å²) in [4.78, 5) is 14.0. The predicted octanol–water partition coefficient (Wildman–Crippen LogP) is 1.79. The molecule has 1 atom stereocenters. The van der Waals surface area contributed by atoms with Crippen LogP contribution in [-0.2, 0) is 0 Å². The third kappa shape index (κ3) is 2.85. The van der Waals surface area contributed by atoms with E-state index in [-0.39, 0.29) is 11.6 Å². The Hall–Kier alpha value is -1.49. The quantitative estimate of drug-likeness (QED) is 0.872. The van der Waals surface area contributed by atoms with Crippen LogP contribution < -0.4 is 5.32 Å². The molecular weight excluding hydrogens is 238 g/mol. The van der Waals surface area contributed by atoms with Gasteiger partial charge in [-0.25, -0.2) is 8.78 Å². The molecule has 1 amide bonds. The number of nitrogens with one attached hydrogen (secondary N) is 1. The van der Waals surface area contributed by atoms with Crippen molar-refractivity contribution in [2.75, 3.05) is 20.1 Å². The summed E-state index contributed by atoms with van der Waals surface area (Å²) >= 11 is 0. The van der Waals surface area contributed by atoms with Crippen LogP contribution in [0.15, 0.2) is 18.2 Å². The molecule has 2 rings (SSSR count). The fourth-order valence-corrected chi connectivity index (χ4v) is 2.23. The van der Waals surface area contributed by atoms with Crippen molar-refractivity contribution in [1.82, 2.24) is 10.2 Å². The molecule has 0 radical (unpaired) electrons. The summed E-state index contributed by atoms with van der Waals surface area (Å²) < 4.78 is 26.5. The number of halogens is 2. The van der Waals surface area contributed by atoms with Crippen LogP contribution in [0.25, 0.3) is 0 Å². The third-order valence-electron chi connectivity index (χ3n) is 3.16. The fraction of sp³-hybridized carbons (Fsp3) is 0.462. The van der Waals surface area contributed by atoms with Crippen LogP contribution in [-0.4, -0.2) is 37.0 Å². The zero-order valence-corrected chi connectivity index (χ0v) is 10.2. The number of likely N-dealkylation sites (tertiary alicyclic amines) is 1. The van der Waals surface area contributed by atoms with Gasteiger partial charge >= 0.3 is 0 Å². The van der Waals surface area contributed by atoms with Gasteiger partial charge in [-0.1, -0.05) is 6.07 Å². The molecule has 0 bridgehead atoms. The van der Waals surface area contributed by atoms with Gasteiger partial charge in [-0.3, -0.25) is 4.79 Å². The van der Waals surface area contributed by atoms with E-state index in [1.807, 2.05) is 7.05 Å². The van der Waals surface area contributed by atoms with E-state index < -0.39 is 17.5 Å². The molecule has 1 aliphatic rings. The van der Waals surface area contributed by atoms with Crippen molar-refractivity contribution in [3.05, 3.63) is 35.4 Å². The maximum absolute atomic E-state index is 13.4. The van der Waals surface area contributed by atoms with E-state index >= 15 is 0 Å². The van der Waals surface area contributed by atoms with Gasteiger partial charge in [0.25, 0.3) is 5.91 Å². The molecule has 0 aromatic heterocycles. The molecule has 1 aromatic rings. The number of carbonyl (C=O) groups is 1. The Kier molecular flexibility index (Phi) is 3.91. The van der Waals surface area contributed by atoms with Crippen LogP contribution in [0.3, 0.4) is 0 Å². The number of benzene rings is 1. The lowest BCUT2D eigenvalue weighted by Gasteiger charge is -2.30. The summed E-state index contributed by atoms with van der Waals surface area (Å²) in [6, 6.07) is 3.63. The lowest BCUT2D eigenvalue weighted by molar-refractivity contribution is 0.0907. The molecule has 1 heterocycles. The minimum atomic E-state index is -1.08. The van der Waals surface area contributed by atoms with Crippen LogP contribution in [0.4, 0.5) is 8.78 Å². The standard InChI is InChI=1S/C13H16F2N2O/c1-17-7-3-4-9(8-17)16-13(18)10-5-2-6-11(14)12(10)15/h2,5-6,9H,3-4,7-8H2,1H3,(H,16,18). The predicted molar refractivity (Wildman–Crippen MR) is 64.3 cm³/mol. The van der Waals surface area contributed by atoms with Gasteiger partial charge in [0.2, 0.25) is 0 Å². The van der Waals surface area contributed by atoms with Crippen LogP contribution in [0.2, 0.25) is 0 Å². The molecule has 5 heteroatoms. The first-order valence-corrected chi connectivity index (χ1v) is 6.01. The molecule has 3 nitrogen and oxygen atoms in total. The number of nitrogens with zero attached hydrogens (tertiary/aromatic N) is 1. The largest absolute Gasteiger partial charge is 0.348 e. The van der Waals surface area contributed by atoms with Gasteiger partial charge < -0.3 is 10.2 Å². The highest BCUT2D eigenvalue weighted by Gasteiger charge is 2.21. The normalized spacial score (nSPS) is 20.7. The highest BCUT2D eigenvalue weighted by Crippen LogP contribution is 2.13. The Morgan fingerprint density at radius 1 is 1.44 bits per heavy atom. The first-order chi connectivity index (χ1) is 8.58. The second-order valence-corrected chi connectivity index (χ2v) is 4.68. The van der Waals surface area contributed by atoms with E-state index in [4.69, 9.17) is 0 Å². The van der Waals surface area contributed by atoms with Crippen molar-refractivity contribution < 1.29 is 13.6 Å². The number of piperidine rings is 1. The van der Waals surface area contributed by atoms with Crippen molar-refractivity contribution in [1.29, 1.82) is 0 Å². The van der Waals surface area contributed by atoms with Crippen LogP contribution in [0.5, 0.6) is 0 Å². The topological polar surface area (TPSA) is 32.3 Å². The third-order valence-corrected chi connectivity index (χ3v) is 3.16.